The number of carbonyl (C=O) groups is 2. The van der Waals surface area contributed by atoms with Crippen molar-refractivity contribution in [3.8, 4) is 5.75 Å². The van der Waals surface area contributed by atoms with E-state index < -0.39 is 16.1 Å². The molecule has 2 aromatic carbocycles. The fourth-order valence-corrected chi connectivity index (χ4v) is 5.87. The second kappa shape index (κ2) is 9.32. The molecule has 2 N–H and O–H groups in total. The van der Waals surface area contributed by atoms with Crippen LogP contribution in [0.4, 0.5) is 5.69 Å². The van der Waals surface area contributed by atoms with E-state index in [1.807, 2.05) is 12.1 Å². The predicted octanol–water partition coefficient (Wildman–Crippen LogP) is 3.08. The largest absolute Gasteiger partial charge is 0.479 e. The van der Waals surface area contributed by atoms with Crippen LogP contribution >= 0.6 is 11.6 Å². The number of fused-ring (bicyclic) bond motifs is 1. The maximum Gasteiger partial charge on any atom is 0.265 e. The van der Waals surface area contributed by atoms with Crippen LogP contribution in [0, 0.1) is 12.8 Å². The third kappa shape index (κ3) is 5.00. The summed E-state index contributed by atoms with van der Waals surface area (Å²) in [5, 5.41) is 6.29. The number of benzene rings is 2. The first-order valence-electron chi connectivity index (χ1n) is 10.8. The molecule has 0 aliphatic carbocycles. The van der Waals surface area contributed by atoms with Gasteiger partial charge in [0.1, 0.15) is 5.75 Å². The van der Waals surface area contributed by atoms with Crippen LogP contribution in [0.25, 0.3) is 0 Å². The van der Waals surface area contributed by atoms with Crippen molar-refractivity contribution in [1.29, 1.82) is 0 Å². The van der Waals surface area contributed by atoms with Crippen molar-refractivity contribution < 1.29 is 22.7 Å². The smallest absolute Gasteiger partial charge is 0.265 e. The first kappa shape index (κ1) is 23.5. The van der Waals surface area contributed by atoms with Crippen molar-refractivity contribution in [1.82, 2.24) is 9.62 Å². The van der Waals surface area contributed by atoms with E-state index in [0.29, 0.717) is 41.4 Å². The molecule has 0 radical (unpaired) electrons. The molecule has 0 bridgehead atoms. The van der Waals surface area contributed by atoms with Crippen molar-refractivity contribution in [3.63, 3.8) is 0 Å². The molecule has 2 aliphatic heterocycles. The van der Waals surface area contributed by atoms with Crippen LogP contribution < -0.4 is 15.4 Å². The van der Waals surface area contributed by atoms with Gasteiger partial charge in [-0.15, -0.1) is 0 Å². The van der Waals surface area contributed by atoms with Gasteiger partial charge in [0.15, 0.2) is 6.10 Å². The Labute approximate surface area is 198 Å². The number of piperidine rings is 1. The highest BCUT2D eigenvalue weighted by Crippen LogP contribution is 2.36. The molecule has 2 amide bonds. The van der Waals surface area contributed by atoms with E-state index in [4.69, 9.17) is 16.3 Å². The SMILES string of the molecule is Cc1cc2c(cc1S(=O)(=O)N1CCC(C(=O)NCc3ccc(Cl)cc3)CC1)O[C@@H](C)C(=O)N2. The highest BCUT2D eigenvalue weighted by atomic mass is 35.5. The summed E-state index contributed by atoms with van der Waals surface area (Å²) in [7, 11) is -3.77. The van der Waals surface area contributed by atoms with Gasteiger partial charge in [-0.3, -0.25) is 9.59 Å². The molecule has 4 rings (SSSR count). The van der Waals surface area contributed by atoms with Crippen LogP contribution in [0.1, 0.15) is 30.9 Å². The van der Waals surface area contributed by atoms with Crippen LogP contribution in [0.2, 0.25) is 5.02 Å². The topological polar surface area (TPSA) is 105 Å². The lowest BCUT2D eigenvalue weighted by Gasteiger charge is -2.31. The summed E-state index contributed by atoms with van der Waals surface area (Å²) >= 11 is 5.88. The van der Waals surface area contributed by atoms with E-state index in [0.717, 1.165) is 5.56 Å². The monoisotopic (exact) mass is 491 g/mol. The second-order valence-corrected chi connectivity index (χ2v) is 10.7. The average Bonchev–Trinajstić information content (AvgIpc) is 2.79. The van der Waals surface area contributed by atoms with Gasteiger partial charge in [0.25, 0.3) is 5.91 Å². The Morgan fingerprint density at radius 3 is 2.55 bits per heavy atom. The summed E-state index contributed by atoms with van der Waals surface area (Å²) in [5.41, 5.74) is 1.93. The molecule has 0 spiro atoms. The number of ether oxygens (including phenoxy) is 1. The number of rotatable bonds is 5. The fraction of sp³-hybridized carbons (Fsp3) is 0.391. The highest BCUT2D eigenvalue weighted by Gasteiger charge is 2.34. The standard InChI is InChI=1S/C23H26ClN3O5S/c1-14-11-19-20(32-15(2)22(28)26-19)12-21(14)33(30,31)27-9-7-17(8-10-27)23(29)25-13-16-3-5-18(24)6-4-16/h3-6,11-12,15,17H,7-10,13H2,1-2H3,(H,25,29)(H,26,28)/t15-/m0/s1. The zero-order chi connectivity index (χ0) is 23.8. The normalized spacial score (nSPS) is 19.4. The number of hydrogen-bond acceptors (Lipinski definition) is 5. The molecule has 10 heteroatoms. The molecule has 1 atom stereocenters. The van der Waals surface area contributed by atoms with E-state index in [-0.39, 0.29) is 35.7 Å². The lowest BCUT2D eigenvalue weighted by atomic mass is 9.97. The van der Waals surface area contributed by atoms with Gasteiger partial charge in [-0.1, -0.05) is 23.7 Å². The minimum Gasteiger partial charge on any atom is -0.479 e. The van der Waals surface area contributed by atoms with E-state index >= 15 is 0 Å². The van der Waals surface area contributed by atoms with E-state index in [9.17, 15) is 18.0 Å². The van der Waals surface area contributed by atoms with Crippen LogP contribution in [-0.4, -0.2) is 43.7 Å². The summed E-state index contributed by atoms with van der Waals surface area (Å²) < 4.78 is 33.6. The molecule has 8 nitrogen and oxygen atoms in total. The lowest BCUT2D eigenvalue weighted by Crippen LogP contribution is -2.43. The van der Waals surface area contributed by atoms with Crippen molar-refractivity contribution in [2.75, 3.05) is 18.4 Å². The molecule has 2 heterocycles. The Bertz CT molecular complexity index is 1180. The number of nitrogens with zero attached hydrogens (tertiary/aromatic N) is 1. The zero-order valence-electron chi connectivity index (χ0n) is 18.4. The van der Waals surface area contributed by atoms with Gasteiger partial charge in [0, 0.05) is 36.6 Å². The fourth-order valence-electron chi connectivity index (χ4n) is 4.05. The molecule has 2 aliphatic rings. The molecule has 1 fully saturated rings. The van der Waals surface area contributed by atoms with Crippen LogP contribution in [0.5, 0.6) is 5.75 Å². The Morgan fingerprint density at radius 2 is 1.88 bits per heavy atom. The van der Waals surface area contributed by atoms with Crippen LogP contribution in [-0.2, 0) is 26.2 Å². The van der Waals surface area contributed by atoms with Crippen LogP contribution in [0.3, 0.4) is 0 Å². The van der Waals surface area contributed by atoms with Gasteiger partial charge in [-0.25, -0.2) is 8.42 Å². The van der Waals surface area contributed by atoms with Crippen molar-refractivity contribution in [3.05, 3.63) is 52.5 Å². The molecular formula is C23H26ClN3O5S. The predicted molar refractivity (Wildman–Crippen MR) is 125 cm³/mol. The third-order valence-corrected chi connectivity index (χ3v) is 8.32. The maximum atomic E-state index is 13.3. The number of anilines is 1. The molecule has 176 valence electrons. The van der Waals surface area contributed by atoms with Crippen molar-refractivity contribution in [2.24, 2.45) is 5.92 Å². The summed E-state index contributed by atoms with van der Waals surface area (Å²) in [6.45, 7) is 4.21. The summed E-state index contributed by atoms with van der Waals surface area (Å²) in [5.74, 6) is -0.255. The first-order valence-corrected chi connectivity index (χ1v) is 12.6. The Kier molecular flexibility index (Phi) is 6.65. The van der Waals surface area contributed by atoms with Gasteiger partial charge >= 0.3 is 0 Å². The maximum absolute atomic E-state index is 13.3. The molecule has 1 saturated heterocycles. The van der Waals surface area contributed by atoms with E-state index in [2.05, 4.69) is 10.6 Å². The lowest BCUT2D eigenvalue weighted by molar-refractivity contribution is -0.126. The van der Waals surface area contributed by atoms with Gasteiger partial charge in [-0.05, 0) is 56.0 Å². The molecule has 2 aromatic rings. The Hall–Kier alpha value is -2.62. The average molecular weight is 492 g/mol. The van der Waals surface area contributed by atoms with Crippen molar-refractivity contribution in [2.45, 2.75) is 44.2 Å². The number of amides is 2. The van der Waals surface area contributed by atoms with E-state index in [1.54, 1.807) is 32.0 Å². The number of aryl methyl sites for hydroxylation is 1. The number of nitrogens with one attached hydrogen (secondary N) is 2. The molecule has 0 saturated carbocycles. The van der Waals surface area contributed by atoms with Gasteiger partial charge < -0.3 is 15.4 Å². The third-order valence-electron chi connectivity index (χ3n) is 6.03. The minimum atomic E-state index is -3.77. The molecule has 33 heavy (non-hydrogen) atoms. The number of carbonyl (C=O) groups excluding carboxylic acids is 2. The van der Waals surface area contributed by atoms with Crippen LogP contribution in [0.15, 0.2) is 41.3 Å². The quantitative estimate of drug-likeness (QED) is 0.668. The molecule has 0 aromatic heterocycles. The summed E-state index contributed by atoms with van der Waals surface area (Å²) in [6.07, 6.45) is 0.191. The van der Waals surface area contributed by atoms with E-state index in [1.165, 1.54) is 10.4 Å². The minimum absolute atomic E-state index is 0.0786. The van der Waals surface area contributed by atoms with Gasteiger partial charge in [0.2, 0.25) is 15.9 Å². The Balaban J connectivity index is 1.40. The summed E-state index contributed by atoms with van der Waals surface area (Å²) in [4.78, 5) is 24.6. The Morgan fingerprint density at radius 1 is 1.21 bits per heavy atom. The summed E-state index contributed by atoms with van der Waals surface area (Å²) in [6, 6.07) is 10.3. The second-order valence-electron chi connectivity index (χ2n) is 8.39. The first-order chi connectivity index (χ1) is 15.6. The van der Waals surface area contributed by atoms with Gasteiger partial charge in [0.05, 0.1) is 10.6 Å². The number of sulfonamides is 1. The number of halogens is 1. The number of hydrogen-bond donors (Lipinski definition) is 2. The molecule has 0 unspecified atom stereocenters. The highest BCUT2D eigenvalue weighted by molar-refractivity contribution is 7.89. The van der Waals surface area contributed by atoms with Gasteiger partial charge in [-0.2, -0.15) is 4.31 Å². The zero-order valence-corrected chi connectivity index (χ0v) is 20.0. The van der Waals surface area contributed by atoms with Crippen molar-refractivity contribution >= 4 is 39.1 Å². The molecular weight excluding hydrogens is 466 g/mol.